The van der Waals surface area contributed by atoms with Crippen LogP contribution in [0.15, 0.2) is 59.6 Å². The quantitative estimate of drug-likeness (QED) is 0.467. The zero-order valence-corrected chi connectivity index (χ0v) is 22.1. The Labute approximate surface area is 212 Å². The number of aromatic nitrogens is 2. The van der Waals surface area contributed by atoms with Gasteiger partial charge in [-0.2, -0.15) is 9.40 Å². The molecule has 0 amide bonds. The van der Waals surface area contributed by atoms with Crippen LogP contribution in [0.3, 0.4) is 0 Å². The third-order valence-corrected chi connectivity index (χ3v) is 7.79. The molecule has 9 nitrogen and oxygen atoms in total. The molecule has 1 aliphatic rings. The largest absolute Gasteiger partial charge is 0.497 e. The molecule has 0 saturated carbocycles. The van der Waals surface area contributed by atoms with Crippen LogP contribution < -0.4 is 9.47 Å². The van der Waals surface area contributed by atoms with E-state index < -0.39 is 21.2 Å². The Morgan fingerprint density at radius 2 is 1.44 bits per heavy atom. The van der Waals surface area contributed by atoms with Crippen molar-refractivity contribution in [3.63, 3.8) is 0 Å². The van der Waals surface area contributed by atoms with Crippen LogP contribution in [0.5, 0.6) is 11.5 Å². The zero-order valence-electron chi connectivity index (χ0n) is 21.3. The van der Waals surface area contributed by atoms with Crippen molar-refractivity contribution >= 4 is 10.0 Å². The van der Waals surface area contributed by atoms with Gasteiger partial charge in [-0.3, -0.25) is 4.68 Å². The van der Waals surface area contributed by atoms with E-state index in [0.29, 0.717) is 17.2 Å². The van der Waals surface area contributed by atoms with E-state index in [4.69, 9.17) is 14.2 Å². The van der Waals surface area contributed by atoms with Crippen molar-refractivity contribution in [1.29, 1.82) is 0 Å². The SMILES string of the molecule is COc1ccc(CN(Cc2ccc(OC)cc2)S(=O)(=O)c2cc(C3(O)COC3)n(C(C)(C)C)n2)cc1. The van der Waals surface area contributed by atoms with Gasteiger partial charge >= 0.3 is 0 Å². The smallest absolute Gasteiger partial charge is 0.263 e. The first kappa shape index (κ1) is 26.2. The summed E-state index contributed by atoms with van der Waals surface area (Å²) in [5.41, 5.74) is 0.202. The number of rotatable bonds is 9. The summed E-state index contributed by atoms with van der Waals surface area (Å²) in [4.78, 5) is 0. The van der Waals surface area contributed by atoms with Crippen LogP contribution in [0.25, 0.3) is 0 Å². The third kappa shape index (κ3) is 5.27. The molecular weight excluding hydrogens is 482 g/mol. The van der Waals surface area contributed by atoms with Gasteiger partial charge in [0.05, 0.1) is 38.7 Å². The molecule has 1 aromatic heterocycles. The molecule has 2 aromatic carbocycles. The van der Waals surface area contributed by atoms with E-state index in [1.807, 2.05) is 45.0 Å². The summed E-state index contributed by atoms with van der Waals surface area (Å²) in [6, 6.07) is 16.0. The van der Waals surface area contributed by atoms with Gasteiger partial charge in [-0.1, -0.05) is 24.3 Å². The van der Waals surface area contributed by atoms with Crippen molar-refractivity contribution in [2.45, 2.75) is 50.0 Å². The summed E-state index contributed by atoms with van der Waals surface area (Å²) in [7, 11) is -0.882. The molecule has 0 bridgehead atoms. The molecule has 3 aromatic rings. The van der Waals surface area contributed by atoms with Crippen LogP contribution in [0.4, 0.5) is 0 Å². The number of sulfonamides is 1. The minimum atomic E-state index is -4.05. The van der Waals surface area contributed by atoms with Gasteiger partial charge in [0.15, 0.2) is 10.6 Å². The van der Waals surface area contributed by atoms with Crippen molar-refractivity contribution in [1.82, 2.24) is 14.1 Å². The van der Waals surface area contributed by atoms with Gasteiger partial charge < -0.3 is 19.3 Å². The second-order valence-corrected chi connectivity index (χ2v) is 11.8. The number of ether oxygens (including phenoxy) is 3. The fourth-order valence-corrected chi connectivity index (χ4v) is 5.35. The molecule has 0 aliphatic carbocycles. The van der Waals surface area contributed by atoms with E-state index in [-0.39, 0.29) is 31.3 Å². The van der Waals surface area contributed by atoms with Crippen molar-refractivity contribution in [2.75, 3.05) is 27.4 Å². The average molecular weight is 516 g/mol. The maximum atomic E-state index is 14.0. The first-order valence-electron chi connectivity index (χ1n) is 11.6. The van der Waals surface area contributed by atoms with Crippen LogP contribution in [0.2, 0.25) is 0 Å². The van der Waals surface area contributed by atoms with E-state index in [1.54, 1.807) is 43.2 Å². The summed E-state index contributed by atoms with van der Waals surface area (Å²) in [6.45, 7) is 6.18. The molecule has 2 heterocycles. The predicted molar refractivity (Wildman–Crippen MR) is 134 cm³/mol. The highest BCUT2D eigenvalue weighted by Gasteiger charge is 2.44. The van der Waals surface area contributed by atoms with Crippen LogP contribution in [0.1, 0.15) is 37.6 Å². The summed E-state index contributed by atoms with van der Waals surface area (Å²) in [5.74, 6) is 1.38. The van der Waals surface area contributed by atoms with Gasteiger partial charge in [-0.15, -0.1) is 0 Å². The Hall–Kier alpha value is -2.92. The molecule has 36 heavy (non-hydrogen) atoms. The van der Waals surface area contributed by atoms with Crippen molar-refractivity contribution in [3.8, 4) is 11.5 Å². The lowest BCUT2D eigenvalue weighted by molar-refractivity contribution is -0.189. The predicted octanol–water partition coefficient (Wildman–Crippen LogP) is 3.26. The molecular formula is C26H33N3O6S. The summed E-state index contributed by atoms with van der Waals surface area (Å²) in [5, 5.41) is 15.4. The highest BCUT2D eigenvalue weighted by Crippen LogP contribution is 2.35. The lowest BCUT2D eigenvalue weighted by Gasteiger charge is -2.38. The summed E-state index contributed by atoms with van der Waals surface area (Å²) >= 11 is 0. The molecule has 0 radical (unpaired) electrons. The fraction of sp³-hybridized carbons (Fsp3) is 0.423. The van der Waals surface area contributed by atoms with E-state index in [1.165, 1.54) is 10.4 Å². The van der Waals surface area contributed by atoms with Crippen molar-refractivity contribution in [3.05, 3.63) is 71.4 Å². The van der Waals surface area contributed by atoms with E-state index >= 15 is 0 Å². The molecule has 0 atom stereocenters. The Morgan fingerprint density at radius 3 is 1.81 bits per heavy atom. The summed E-state index contributed by atoms with van der Waals surface area (Å²) in [6.07, 6.45) is 0. The van der Waals surface area contributed by atoms with E-state index in [0.717, 1.165) is 11.1 Å². The second kappa shape index (κ2) is 9.85. The molecule has 4 rings (SSSR count). The lowest BCUT2D eigenvalue weighted by atomic mass is 9.96. The van der Waals surface area contributed by atoms with Crippen LogP contribution in [-0.4, -0.2) is 55.0 Å². The Morgan fingerprint density at radius 1 is 0.972 bits per heavy atom. The van der Waals surface area contributed by atoms with Crippen molar-refractivity contribution in [2.24, 2.45) is 0 Å². The minimum Gasteiger partial charge on any atom is -0.497 e. The fourth-order valence-electron chi connectivity index (χ4n) is 4.00. The molecule has 0 unspecified atom stereocenters. The van der Waals surface area contributed by atoms with Gasteiger partial charge in [-0.25, -0.2) is 8.42 Å². The van der Waals surface area contributed by atoms with Crippen LogP contribution in [0, 0.1) is 0 Å². The Balaban J connectivity index is 1.74. The van der Waals surface area contributed by atoms with Gasteiger partial charge in [0.2, 0.25) is 0 Å². The normalized spacial score (nSPS) is 15.5. The topological polar surface area (TPSA) is 103 Å². The highest BCUT2D eigenvalue weighted by atomic mass is 32.2. The molecule has 1 fully saturated rings. The van der Waals surface area contributed by atoms with E-state index in [2.05, 4.69) is 5.10 Å². The number of hydrogen-bond donors (Lipinski definition) is 1. The zero-order chi connectivity index (χ0) is 26.1. The number of nitrogens with zero attached hydrogens (tertiary/aromatic N) is 3. The first-order chi connectivity index (χ1) is 17.0. The second-order valence-electron chi connectivity index (χ2n) is 9.94. The highest BCUT2D eigenvalue weighted by molar-refractivity contribution is 7.89. The number of aliphatic hydroxyl groups is 1. The molecule has 0 spiro atoms. The van der Waals surface area contributed by atoms with Crippen LogP contribution in [-0.2, 0) is 39.0 Å². The monoisotopic (exact) mass is 515 g/mol. The molecule has 1 aliphatic heterocycles. The average Bonchev–Trinajstić information content (AvgIpc) is 3.31. The summed E-state index contributed by atoms with van der Waals surface area (Å²) < 4.78 is 46.7. The maximum Gasteiger partial charge on any atom is 0.263 e. The van der Waals surface area contributed by atoms with Crippen LogP contribution >= 0.6 is 0 Å². The minimum absolute atomic E-state index is 0.0929. The molecule has 10 heteroatoms. The molecule has 1 saturated heterocycles. The van der Waals surface area contributed by atoms with Gasteiger partial charge in [0, 0.05) is 19.2 Å². The number of methoxy groups -OCH3 is 2. The van der Waals surface area contributed by atoms with Gasteiger partial charge in [-0.05, 0) is 56.2 Å². The number of benzene rings is 2. The number of hydrogen-bond acceptors (Lipinski definition) is 7. The van der Waals surface area contributed by atoms with Gasteiger partial charge in [0.25, 0.3) is 10.0 Å². The molecule has 1 N–H and O–H groups in total. The maximum absolute atomic E-state index is 14.0. The lowest BCUT2D eigenvalue weighted by Crippen LogP contribution is -2.49. The molecule has 194 valence electrons. The standard InChI is InChI=1S/C26H33N3O6S/c1-25(2,3)29-23(26(30)17-35-18-26)14-24(27-29)36(31,32)28(15-19-6-10-21(33-4)11-7-19)16-20-8-12-22(34-5)13-9-20/h6-14,30H,15-18H2,1-5H3. The van der Waals surface area contributed by atoms with Crippen molar-refractivity contribution < 1.29 is 27.7 Å². The van der Waals surface area contributed by atoms with E-state index in [9.17, 15) is 13.5 Å². The third-order valence-electron chi connectivity index (χ3n) is 6.12. The van der Waals surface area contributed by atoms with Gasteiger partial charge in [0.1, 0.15) is 11.5 Å². The first-order valence-corrected chi connectivity index (χ1v) is 13.1. The Bertz CT molecular complexity index is 1240. The Kier molecular flexibility index (Phi) is 7.16.